The minimum atomic E-state index is -3.20. The normalized spacial score (nSPS) is 17.5. The van der Waals surface area contributed by atoms with Gasteiger partial charge in [-0.3, -0.25) is 19.3 Å². The average molecular weight is 402 g/mol. The van der Waals surface area contributed by atoms with Crippen LogP contribution in [0.15, 0.2) is 18.2 Å². The number of benzene rings is 1. The van der Waals surface area contributed by atoms with Crippen molar-refractivity contribution in [2.45, 2.75) is 44.1 Å². The maximum Gasteiger partial charge on any atom is 0.277 e. The van der Waals surface area contributed by atoms with Crippen LogP contribution in [0.4, 0.5) is 8.78 Å². The molecule has 3 N–H and O–H groups in total. The van der Waals surface area contributed by atoms with Gasteiger partial charge in [-0.25, -0.2) is 8.78 Å². The van der Waals surface area contributed by atoms with Crippen LogP contribution in [-0.4, -0.2) is 47.7 Å². The number of amides is 3. The maximum atomic E-state index is 13.2. The van der Waals surface area contributed by atoms with Crippen molar-refractivity contribution in [3.05, 3.63) is 34.9 Å². The molecule has 0 unspecified atom stereocenters. The standard InChI is InChI=1S/C18H21F2N3O3.ClH/c19-18(20,9-21)10-22-15(24)11-6-7-13-14(8-11)17(26)23(16(13)25)12-4-2-1-3-5-12;/h6-8,12H,1-5,9-10,21H2,(H,22,24);1H. The van der Waals surface area contributed by atoms with Crippen LogP contribution in [0.2, 0.25) is 0 Å². The molecule has 1 fully saturated rings. The lowest BCUT2D eigenvalue weighted by Crippen LogP contribution is -2.41. The third-order valence-electron chi connectivity index (χ3n) is 4.93. The summed E-state index contributed by atoms with van der Waals surface area (Å²) in [5.41, 5.74) is 5.40. The molecule has 1 aliphatic carbocycles. The highest BCUT2D eigenvalue weighted by Crippen LogP contribution is 2.31. The first-order valence-electron chi connectivity index (χ1n) is 8.72. The van der Waals surface area contributed by atoms with Crippen molar-refractivity contribution >= 4 is 30.1 Å². The summed E-state index contributed by atoms with van der Waals surface area (Å²) < 4.78 is 26.3. The SMILES string of the molecule is Cl.NCC(F)(F)CNC(=O)c1ccc2c(c1)C(=O)N(C1CCCCC1)C2=O. The maximum absolute atomic E-state index is 13.2. The number of hydrogen-bond donors (Lipinski definition) is 2. The van der Waals surface area contributed by atoms with Gasteiger partial charge in [0.2, 0.25) is 0 Å². The molecule has 0 saturated heterocycles. The van der Waals surface area contributed by atoms with E-state index < -0.39 is 30.8 Å². The molecule has 0 aromatic heterocycles. The highest BCUT2D eigenvalue weighted by atomic mass is 35.5. The molecule has 0 spiro atoms. The Labute approximate surface area is 161 Å². The average Bonchev–Trinajstić information content (AvgIpc) is 2.90. The van der Waals surface area contributed by atoms with Crippen molar-refractivity contribution in [3.8, 4) is 0 Å². The highest BCUT2D eigenvalue weighted by Gasteiger charge is 2.40. The van der Waals surface area contributed by atoms with Gasteiger partial charge in [-0.15, -0.1) is 12.4 Å². The summed E-state index contributed by atoms with van der Waals surface area (Å²) in [6.07, 6.45) is 4.61. The molecule has 27 heavy (non-hydrogen) atoms. The van der Waals surface area contributed by atoms with Gasteiger partial charge in [0.15, 0.2) is 0 Å². The van der Waals surface area contributed by atoms with Gasteiger partial charge in [0.05, 0.1) is 24.2 Å². The lowest BCUT2D eigenvalue weighted by atomic mass is 9.94. The fourth-order valence-electron chi connectivity index (χ4n) is 3.46. The fourth-order valence-corrected chi connectivity index (χ4v) is 3.46. The Morgan fingerprint density at radius 3 is 2.41 bits per heavy atom. The number of nitrogens with two attached hydrogens (primary N) is 1. The van der Waals surface area contributed by atoms with Gasteiger partial charge in [-0.2, -0.15) is 0 Å². The van der Waals surface area contributed by atoms with E-state index in [1.54, 1.807) is 0 Å². The number of hydrogen-bond acceptors (Lipinski definition) is 4. The molecule has 6 nitrogen and oxygen atoms in total. The van der Waals surface area contributed by atoms with Crippen molar-refractivity contribution in [2.75, 3.05) is 13.1 Å². The molecule has 2 aliphatic rings. The third kappa shape index (κ3) is 4.27. The van der Waals surface area contributed by atoms with Crippen molar-refractivity contribution in [3.63, 3.8) is 0 Å². The minimum absolute atomic E-state index is 0. The van der Waals surface area contributed by atoms with Crippen LogP contribution in [0.3, 0.4) is 0 Å². The van der Waals surface area contributed by atoms with E-state index in [2.05, 4.69) is 5.32 Å². The van der Waals surface area contributed by atoms with E-state index in [1.165, 1.54) is 23.1 Å². The van der Waals surface area contributed by atoms with E-state index in [1.807, 2.05) is 0 Å². The summed E-state index contributed by atoms with van der Waals surface area (Å²) in [7, 11) is 0. The largest absolute Gasteiger partial charge is 0.346 e. The summed E-state index contributed by atoms with van der Waals surface area (Å²) >= 11 is 0. The molecular weight excluding hydrogens is 380 g/mol. The Morgan fingerprint density at radius 1 is 1.15 bits per heavy atom. The first-order valence-corrected chi connectivity index (χ1v) is 8.72. The highest BCUT2D eigenvalue weighted by molar-refractivity contribution is 6.22. The van der Waals surface area contributed by atoms with E-state index >= 15 is 0 Å². The predicted molar refractivity (Wildman–Crippen MR) is 97.4 cm³/mol. The molecule has 1 saturated carbocycles. The third-order valence-corrected chi connectivity index (χ3v) is 4.93. The lowest BCUT2D eigenvalue weighted by Gasteiger charge is -2.29. The molecule has 0 radical (unpaired) electrons. The molecule has 3 rings (SSSR count). The van der Waals surface area contributed by atoms with Crippen LogP contribution in [0.5, 0.6) is 0 Å². The zero-order chi connectivity index (χ0) is 18.9. The first-order chi connectivity index (χ1) is 12.3. The number of carbonyl (C=O) groups excluding carboxylic acids is 3. The number of alkyl halides is 2. The molecule has 1 heterocycles. The Balaban J connectivity index is 0.00000261. The van der Waals surface area contributed by atoms with Gasteiger partial charge in [-0.05, 0) is 31.0 Å². The van der Waals surface area contributed by atoms with Gasteiger partial charge in [0, 0.05) is 11.6 Å². The van der Waals surface area contributed by atoms with E-state index in [0.29, 0.717) is 0 Å². The van der Waals surface area contributed by atoms with Crippen LogP contribution in [0.1, 0.15) is 63.2 Å². The number of imide groups is 1. The van der Waals surface area contributed by atoms with Crippen LogP contribution >= 0.6 is 12.4 Å². The summed E-state index contributed by atoms with van der Waals surface area (Å²) in [5, 5.41) is 2.10. The zero-order valence-corrected chi connectivity index (χ0v) is 15.5. The lowest BCUT2D eigenvalue weighted by molar-refractivity contribution is 0.0118. The number of carbonyl (C=O) groups is 3. The van der Waals surface area contributed by atoms with Crippen molar-refractivity contribution in [1.82, 2.24) is 10.2 Å². The van der Waals surface area contributed by atoms with Crippen LogP contribution in [0.25, 0.3) is 0 Å². The number of fused-ring (bicyclic) bond motifs is 1. The van der Waals surface area contributed by atoms with Gasteiger partial charge in [0.1, 0.15) is 0 Å². The van der Waals surface area contributed by atoms with Crippen molar-refractivity contribution < 1.29 is 23.2 Å². The quantitative estimate of drug-likeness (QED) is 0.741. The second-order valence-electron chi connectivity index (χ2n) is 6.78. The van der Waals surface area contributed by atoms with E-state index in [4.69, 9.17) is 5.73 Å². The van der Waals surface area contributed by atoms with Gasteiger partial charge >= 0.3 is 0 Å². The Hall–Kier alpha value is -2.06. The van der Waals surface area contributed by atoms with Crippen LogP contribution in [0, 0.1) is 0 Å². The fraction of sp³-hybridized carbons (Fsp3) is 0.500. The molecule has 3 amide bonds. The van der Waals surface area contributed by atoms with Crippen molar-refractivity contribution in [2.24, 2.45) is 5.73 Å². The van der Waals surface area contributed by atoms with E-state index in [0.717, 1.165) is 32.1 Å². The smallest absolute Gasteiger partial charge is 0.277 e. The molecule has 1 aromatic carbocycles. The summed E-state index contributed by atoms with van der Waals surface area (Å²) in [5.74, 6) is -4.70. The number of nitrogens with zero attached hydrogens (tertiary/aromatic N) is 1. The molecular formula is C18H22ClF2N3O3. The van der Waals surface area contributed by atoms with Crippen molar-refractivity contribution in [1.29, 1.82) is 0 Å². The molecule has 1 aliphatic heterocycles. The summed E-state index contributed by atoms with van der Waals surface area (Å²) in [4.78, 5) is 38.6. The van der Waals surface area contributed by atoms with Crippen LogP contribution in [-0.2, 0) is 0 Å². The Bertz CT molecular complexity index is 751. The second kappa shape index (κ2) is 8.31. The minimum Gasteiger partial charge on any atom is -0.346 e. The molecule has 0 atom stereocenters. The topological polar surface area (TPSA) is 92.5 Å². The second-order valence-corrected chi connectivity index (χ2v) is 6.78. The number of nitrogens with one attached hydrogen (secondary N) is 1. The predicted octanol–water partition coefficient (Wildman–Crippen LogP) is 2.36. The van der Waals surface area contributed by atoms with Gasteiger partial charge in [-0.1, -0.05) is 19.3 Å². The molecule has 1 aromatic rings. The van der Waals surface area contributed by atoms with E-state index in [-0.39, 0.29) is 41.0 Å². The van der Waals surface area contributed by atoms with Gasteiger partial charge < -0.3 is 11.1 Å². The number of halogens is 3. The zero-order valence-electron chi connectivity index (χ0n) is 14.7. The van der Waals surface area contributed by atoms with Gasteiger partial charge in [0.25, 0.3) is 23.6 Å². The van der Waals surface area contributed by atoms with E-state index in [9.17, 15) is 23.2 Å². The molecule has 0 bridgehead atoms. The molecule has 148 valence electrons. The van der Waals surface area contributed by atoms with Crippen LogP contribution < -0.4 is 11.1 Å². The summed E-state index contributed by atoms with van der Waals surface area (Å²) in [6, 6.07) is 3.96. The first kappa shape index (κ1) is 21.2. The molecule has 9 heteroatoms. The monoisotopic (exact) mass is 401 g/mol. The number of rotatable bonds is 5. The Kier molecular flexibility index (Phi) is 6.54. The Morgan fingerprint density at radius 2 is 1.78 bits per heavy atom. The summed E-state index contributed by atoms with van der Waals surface area (Å²) in [6.45, 7) is -1.76.